The standard InChI is InChI=1S/C19H21NS/c1-14-3-4-15(2)19(13-14)21-18-7-5-16(6-8-18)17-9-11-20-12-10-17/h3-9,13,20H,10-12H2,1-2H3. The molecule has 1 aliphatic rings. The summed E-state index contributed by atoms with van der Waals surface area (Å²) in [6, 6.07) is 15.6. The van der Waals surface area contributed by atoms with E-state index < -0.39 is 0 Å². The van der Waals surface area contributed by atoms with Gasteiger partial charge in [0.1, 0.15) is 0 Å². The van der Waals surface area contributed by atoms with E-state index in [0.29, 0.717) is 0 Å². The van der Waals surface area contributed by atoms with Crippen molar-refractivity contribution in [3.8, 4) is 0 Å². The van der Waals surface area contributed by atoms with Crippen molar-refractivity contribution in [2.24, 2.45) is 0 Å². The van der Waals surface area contributed by atoms with Gasteiger partial charge in [0, 0.05) is 16.3 Å². The maximum absolute atomic E-state index is 3.36. The second kappa shape index (κ2) is 6.50. The van der Waals surface area contributed by atoms with Gasteiger partial charge in [-0.1, -0.05) is 42.1 Å². The second-order valence-electron chi connectivity index (χ2n) is 5.58. The fourth-order valence-corrected chi connectivity index (χ4v) is 3.57. The molecule has 2 heteroatoms. The predicted molar refractivity (Wildman–Crippen MR) is 91.9 cm³/mol. The molecule has 21 heavy (non-hydrogen) atoms. The topological polar surface area (TPSA) is 12.0 Å². The number of rotatable bonds is 3. The van der Waals surface area contributed by atoms with Crippen LogP contribution in [-0.4, -0.2) is 13.1 Å². The van der Waals surface area contributed by atoms with E-state index in [0.717, 1.165) is 19.5 Å². The number of nitrogens with one attached hydrogen (secondary N) is 1. The Morgan fingerprint density at radius 2 is 1.81 bits per heavy atom. The Balaban J connectivity index is 1.78. The summed E-state index contributed by atoms with van der Waals surface area (Å²) in [5, 5.41) is 3.36. The molecule has 0 amide bonds. The first-order valence-corrected chi connectivity index (χ1v) is 8.29. The maximum atomic E-state index is 3.36. The Bertz CT molecular complexity index is 656. The molecule has 1 N–H and O–H groups in total. The van der Waals surface area contributed by atoms with Gasteiger partial charge in [0.15, 0.2) is 0 Å². The summed E-state index contributed by atoms with van der Waals surface area (Å²) in [5.74, 6) is 0. The average molecular weight is 295 g/mol. The van der Waals surface area contributed by atoms with Crippen molar-refractivity contribution in [1.82, 2.24) is 5.32 Å². The first-order valence-electron chi connectivity index (χ1n) is 7.48. The molecule has 0 aliphatic carbocycles. The van der Waals surface area contributed by atoms with Crippen molar-refractivity contribution in [2.45, 2.75) is 30.1 Å². The third kappa shape index (κ3) is 3.58. The third-order valence-electron chi connectivity index (χ3n) is 3.86. The van der Waals surface area contributed by atoms with Gasteiger partial charge in [0.2, 0.25) is 0 Å². The largest absolute Gasteiger partial charge is 0.313 e. The Kier molecular flexibility index (Phi) is 4.47. The second-order valence-corrected chi connectivity index (χ2v) is 6.69. The monoisotopic (exact) mass is 295 g/mol. The van der Waals surface area contributed by atoms with Gasteiger partial charge in [-0.15, -0.1) is 0 Å². The van der Waals surface area contributed by atoms with Crippen LogP contribution in [0.2, 0.25) is 0 Å². The normalized spacial score (nSPS) is 14.9. The van der Waals surface area contributed by atoms with Crippen LogP contribution in [0.25, 0.3) is 5.57 Å². The SMILES string of the molecule is Cc1ccc(C)c(Sc2ccc(C3=CCNCC3)cc2)c1. The van der Waals surface area contributed by atoms with Crippen LogP contribution in [0.4, 0.5) is 0 Å². The molecule has 0 fully saturated rings. The fraction of sp³-hybridized carbons (Fsp3) is 0.263. The van der Waals surface area contributed by atoms with Crippen LogP contribution in [0.1, 0.15) is 23.1 Å². The highest BCUT2D eigenvalue weighted by molar-refractivity contribution is 7.99. The van der Waals surface area contributed by atoms with E-state index in [9.17, 15) is 0 Å². The molecule has 1 heterocycles. The highest BCUT2D eigenvalue weighted by Gasteiger charge is 2.06. The van der Waals surface area contributed by atoms with Gasteiger partial charge < -0.3 is 5.32 Å². The van der Waals surface area contributed by atoms with Crippen LogP contribution in [0, 0.1) is 13.8 Å². The molecule has 2 aromatic carbocycles. The van der Waals surface area contributed by atoms with Crippen LogP contribution in [0.5, 0.6) is 0 Å². The number of aryl methyl sites for hydroxylation is 2. The van der Waals surface area contributed by atoms with Crippen molar-refractivity contribution in [3.05, 3.63) is 65.2 Å². The van der Waals surface area contributed by atoms with Crippen LogP contribution < -0.4 is 5.32 Å². The van der Waals surface area contributed by atoms with Gasteiger partial charge in [-0.05, 0) is 67.3 Å². The summed E-state index contributed by atoms with van der Waals surface area (Å²) in [4.78, 5) is 2.66. The molecule has 0 unspecified atom stereocenters. The summed E-state index contributed by atoms with van der Waals surface area (Å²) in [7, 11) is 0. The van der Waals surface area contributed by atoms with E-state index in [1.165, 1.54) is 32.1 Å². The number of hydrogen-bond donors (Lipinski definition) is 1. The van der Waals surface area contributed by atoms with E-state index >= 15 is 0 Å². The number of benzene rings is 2. The molecule has 1 aliphatic heterocycles. The molecule has 2 aromatic rings. The fourth-order valence-electron chi connectivity index (χ4n) is 2.57. The Morgan fingerprint density at radius 3 is 2.52 bits per heavy atom. The van der Waals surface area contributed by atoms with Crippen LogP contribution in [0.15, 0.2) is 58.3 Å². The van der Waals surface area contributed by atoms with Gasteiger partial charge in [0.25, 0.3) is 0 Å². The summed E-state index contributed by atoms with van der Waals surface area (Å²) in [5.41, 5.74) is 5.49. The molecule has 0 aromatic heterocycles. The van der Waals surface area contributed by atoms with Crippen molar-refractivity contribution < 1.29 is 0 Å². The summed E-state index contributed by atoms with van der Waals surface area (Å²) in [6.45, 7) is 6.41. The Labute approximate surface area is 131 Å². The summed E-state index contributed by atoms with van der Waals surface area (Å²) < 4.78 is 0. The van der Waals surface area contributed by atoms with E-state index in [1.54, 1.807) is 0 Å². The smallest absolute Gasteiger partial charge is 0.0154 e. The minimum atomic E-state index is 0.994. The predicted octanol–water partition coefficient (Wildman–Crippen LogP) is 4.83. The van der Waals surface area contributed by atoms with E-state index in [2.05, 4.69) is 67.7 Å². The summed E-state index contributed by atoms with van der Waals surface area (Å²) in [6.07, 6.45) is 3.43. The van der Waals surface area contributed by atoms with Crippen LogP contribution in [-0.2, 0) is 0 Å². The zero-order valence-electron chi connectivity index (χ0n) is 12.6. The van der Waals surface area contributed by atoms with Crippen molar-refractivity contribution in [3.63, 3.8) is 0 Å². The zero-order chi connectivity index (χ0) is 14.7. The van der Waals surface area contributed by atoms with Gasteiger partial charge in [-0.25, -0.2) is 0 Å². The highest BCUT2D eigenvalue weighted by atomic mass is 32.2. The van der Waals surface area contributed by atoms with Crippen molar-refractivity contribution in [2.75, 3.05) is 13.1 Å². The lowest BCUT2D eigenvalue weighted by Crippen LogP contribution is -2.19. The highest BCUT2D eigenvalue weighted by Crippen LogP contribution is 2.32. The van der Waals surface area contributed by atoms with Crippen LogP contribution in [0.3, 0.4) is 0 Å². The molecule has 0 bridgehead atoms. The molecule has 0 saturated heterocycles. The zero-order valence-corrected chi connectivity index (χ0v) is 13.5. The lowest BCUT2D eigenvalue weighted by Gasteiger charge is -2.14. The van der Waals surface area contributed by atoms with Gasteiger partial charge in [-0.2, -0.15) is 0 Å². The Morgan fingerprint density at radius 1 is 1.00 bits per heavy atom. The van der Waals surface area contributed by atoms with Crippen molar-refractivity contribution in [1.29, 1.82) is 0 Å². The van der Waals surface area contributed by atoms with Gasteiger partial charge in [0.05, 0.1) is 0 Å². The molecule has 108 valence electrons. The van der Waals surface area contributed by atoms with E-state index in [1.807, 2.05) is 11.8 Å². The quantitative estimate of drug-likeness (QED) is 0.870. The van der Waals surface area contributed by atoms with Crippen LogP contribution >= 0.6 is 11.8 Å². The number of hydrogen-bond acceptors (Lipinski definition) is 2. The summed E-state index contributed by atoms with van der Waals surface area (Å²) >= 11 is 1.85. The van der Waals surface area contributed by atoms with Gasteiger partial charge >= 0.3 is 0 Å². The van der Waals surface area contributed by atoms with Gasteiger partial charge in [-0.3, -0.25) is 0 Å². The molecule has 0 radical (unpaired) electrons. The lowest BCUT2D eigenvalue weighted by atomic mass is 10.0. The molecule has 0 spiro atoms. The first-order chi connectivity index (χ1) is 10.2. The molecule has 0 atom stereocenters. The maximum Gasteiger partial charge on any atom is 0.0154 e. The van der Waals surface area contributed by atoms with E-state index in [-0.39, 0.29) is 0 Å². The molecule has 0 saturated carbocycles. The average Bonchev–Trinajstić information content (AvgIpc) is 2.53. The third-order valence-corrected chi connectivity index (χ3v) is 5.03. The molecule has 1 nitrogen and oxygen atoms in total. The van der Waals surface area contributed by atoms with Crippen molar-refractivity contribution >= 4 is 17.3 Å². The molecular formula is C19H21NS. The lowest BCUT2D eigenvalue weighted by molar-refractivity contribution is 0.738. The minimum absolute atomic E-state index is 0.994. The minimum Gasteiger partial charge on any atom is -0.313 e. The molecule has 3 rings (SSSR count). The first kappa shape index (κ1) is 14.4. The Hall–Kier alpha value is -1.51. The molecular weight excluding hydrogens is 274 g/mol. The van der Waals surface area contributed by atoms with E-state index in [4.69, 9.17) is 0 Å².